The number of anilines is 2. The van der Waals surface area contributed by atoms with Crippen LogP contribution in [0.4, 0.5) is 11.4 Å². The van der Waals surface area contributed by atoms with Crippen LogP contribution < -0.4 is 11.1 Å². The molecule has 1 atom stereocenters. The highest BCUT2D eigenvalue weighted by atomic mass is 16.5. The molecule has 19 heavy (non-hydrogen) atoms. The van der Waals surface area contributed by atoms with Crippen molar-refractivity contribution < 1.29 is 14.3 Å². The Labute approximate surface area is 114 Å². The fourth-order valence-electron chi connectivity index (χ4n) is 1.60. The maximum atomic E-state index is 11.9. The van der Waals surface area contributed by atoms with Gasteiger partial charge in [0.2, 0.25) is 0 Å². The Bertz CT molecular complexity index is 421. The monoisotopic (exact) mass is 266 g/mol. The second kappa shape index (κ2) is 7.76. The van der Waals surface area contributed by atoms with E-state index < -0.39 is 6.10 Å². The van der Waals surface area contributed by atoms with Crippen molar-refractivity contribution in [2.45, 2.75) is 26.4 Å². The number of carbonyl (C=O) groups is 1. The average molecular weight is 266 g/mol. The summed E-state index contributed by atoms with van der Waals surface area (Å²) in [6.07, 6.45) is 0.281. The summed E-state index contributed by atoms with van der Waals surface area (Å²) in [6.45, 7) is 4.76. The normalized spacial score (nSPS) is 12.2. The molecule has 5 nitrogen and oxygen atoms in total. The number of nitrogen functional groups attached to an aromatic ring is 1. The standard InChI is InChI=1S/C14H22N2O3/c1-10-9-12(15)5-6-13(10)16-14(17)11(2)19-8-4-7-18-3/h5-6,9,11H,4,7-8,15H2,1-3H3,(H,16,17). The minimum absolute atomic E-state index is 0.162. The number of hydrogen-bond donors (Lipinski definition) is 2. The number of carbonyl (C=O) groups excluding carboxylic acids is 1. The van der Waals surface area contributed by atoms with Gasteiger partial charge in [-0.3, -0.25) is 4.79 Å². The summed E-state index contributed by atoms with van der Waals surface area (Å²) in [5.74, 6) is -0.162. The predicted molar refractivity (Wildman–Crippen MR) is 76.1 cm³/mol. The number of ether oxygens (including phenoxy) is 2. The molecule has 1 amide bonds. The first-order valence-electron chi connectivity index (χ1n) is 6.32. The van der Waals surface area contributed by atoms with Crippen LogP contribution in [0.1, 0.15) is 18.9 Å². The summed E-state index contributed by atoms with van der Waals surface area (Å²) in [5.41, 5.74) is 8.03. The molecule has 1 unspecified atom stereocenters. The summed E-state index contributed by atoms with van der Waals surface area (Å²) in [4.78, 5) is 11.9. The maximum Gasteiger partial charge on any atom is 0.253 e. The zero-order valence-electron chi connectivity index (χ0n) is 11.7. The molecule has 1 aromatic carbocycles. The predicted octanol–water partition coefficient (Wildman–Crippen LogP) is 1.96. The van der Waals surface area contributed by atoms with E-state index in [1.807, 2.05) is 13.0 Å². The van der Waals surface area contributed by atoms with Crippen LogP contribution in [-0.4, -0.2) is 32.3 Å². The Morgan fingerprint density at radius 1 is 1.42 bits per heavy atom. The molecule has 0 aliphatic heterocycles. The molecule has 5 heteroatoms. The van der Waals surface area contributed by atoms with Gasteiger partial charge in [0.1, 0.15) is 6.10 Å². The van der Waals surface area contributed by atoms with Crippen molar-refractivity contribution in [1.29, 1.82) is 0 Å². The molecule has 0 aromatic heterocycles. The molecule has 0 radical (unpaired) electrons. The minimum Gasteiger partial charge on any atom is -0.399 e. The van der Waals surface area contributed by atoms with Gasteiger partial charge in [0.15, 0.2) is 0 Å². The molecule has 0 bridgehead atoms. The van der Waals surface area contributed by atoms with E-state index in [4.69, 9.17) is 15.2 Å². The smallest absolute Gasteiger partial charge is 0.253 e. The number of amides is 1. The molecule has 3 N–H and O–H groups in total. The van der Waals surface area contributed by atoms with Gasteiger partial charge in [-0.2, -0.15) is 0 Å². The second-order valence-corrected chi connectivity index (χ2v) is 4.42. The van der Waals surface area contributed by atoms with Gasteiger partial charge in [-0.05, 0) is 44.0 Å². The molecule has 1 aromatic rings. The minimum atomic E-state index is -0.492. The van der Waals surface area contributed by atoms with Crippen molar-refractivity contribution in [3.05, 3.63) is 23.8 Å². The zero-order chi connectivity index (χ0) is 14.3. The van der Waals surface area contributed by atoms with Gasteiger partial charge < -0.3 is 20.5 Å². The van der Waals surface area contributed by atoms with E-state index in [1.54, 1.807) is 26.2 Å². The second-order valence-electron chi connectivity index (χ2n) is 4.42. The van der Waals surface area contributed by atoms with Gasteiger partial charge in [0.25, 0.3) is 5.91 Å². The lowest BCUT2D eigenvalue weighted by Gasteiger charge is -2.14. The van der Waals surface area contributed by atoms with Crippen LogP contribution in [0.5, 0.6) is 0 Å². The largest absolute Gasteiger partial charge is 0.399 e. The van der Waals surface area contributed by atoms with Gasteiger partial charge in [0, 0.05) is 31.7 Å². The first kappa shape index (κ1) is 15.5. The quantitative estimate of drug-likeness (QED) is 0.584. The summed E-state index contributed by atoms with van der Waals surface area (Å²) >= 11 is 0. The van der Waals surface area contributed by atoms with Crippen LogP contribution in [0.2, 0.25) is 0 Å². The van der Waals surface area contributed by atoms with Gasteiger partial charge in [-0.15, -0.1) is 0 Å². The first-order valence-corrected chi connectivity index (χ1v) is 6.32. The average Bonchev–Trinajstić information content (AvgIpc) is 2.37. The maximum absolute atomic E-state index is 11.9. The van der Waals surface area contributed by atoms with E-state index in [-0.39, 0.29) is 5.91 Å². The molecular formula is C14H22N2O3. The van der Waals surface area contributed by atoms with Crippen molar-refractivity contribution in [3.8, 4) is 0 Å². The van der Waals surface area contributed by atoms with Crippen molar-refractivity contribution in [1.82, 2.24) is 0 Å². The van der Waals surface area contributed by atoms with E-state index in [2.05, 4.69) is 5.32 Å². The van der Waals surface area contributed by atoms with Crippen molar-refractivity contribution >= 4 is 17.3 Å². The summed E-state index contributed by atoms with van der Waals surface area (Å²) in [7, 11) is 1.64. The lowest BCUT2D eigenvalue weighted by atomic mass is 10.1. The summed E-state index contributed by atoms with van der Waals surface area (Å²) < 4.78 is 10.3. The fourth-order valence-corrected chi connectivity index (χ4v) is 1.60. The lowest BCUT2D eigenvalue weighted by molar-refractivity contribution is -0.126. The molecule has 106 valence electrons. The van der Waals surface area contributed by atoms with Crippen LogP contribution in [0.25, 0.3) is 0 Å². The molecule has 0 fully saturated rings. The lowest BCUT2D eigenvalue weighted by Crippen LogP contribution is -2.28. The number of hydrogen-bond acceptors (Lipinski definition) is 4. The number of methoxy groups -OCH3 is 1. The van der Waals surface area contributed by atoms with Gasteiger partial charge in [-0.25, -0.2) is 0 Å². The molecule has 0 spiro atoms. The number of benzene rings is 1. The van der Waals surface area contributed by atoms with Crippen LogP contribution in [0, 0.1) is 6.92 Å². The highest BCUT2D eigenvalue weighted by Gasteiger charge is 2.14. The van der Waals surface area contributed by atoms with E-state index in [1.165, 1.54) is 0 Å². The number of nitrogens with two attached hydrogens (primary N) is 1. The van der Waals surface area contributed by atoms with E-state index >= 15 is 0 Å². The first-order chi connectivity index (χ1) is 9.04. The third-order valence-corrected chi connectivity index (χ3v) is 2.74. The Kier molecular flexibility index (Phi) is 6.32. The van der Waals surface area contributed by atoms with Crippen LogP contribution in [-0.2, 0) is 14.3 Å². The van der Waals surface area contributed by atoms with Crippen molar-refractivity contribution in [3.63, 3.8) is 0 Å². The van der Waals surface area contributed by atoms with E-state index in [9.17, 15) is 4.79 Å². The molecule has 1 rings (SSSR count). The van der Waals surface area contributed by atoms with Gasteiger partial charge >= 0.3 is 0 Å². The zero-order valence-corrected chi connectivity index (χ0v) is 11.7. The number of aryl methyl sites for hydroxylation is 1. The van der Waals surface area contributed by atoms with Crippen LogP contribution >= 0.6 is 0 Å². The van der Waals surface area contributed by atoms with Crippen molar-refractivity contribution in [2.24, 2.45) is 0 Å². The van der Waals surface area contributed by atoms with Crippen LogP contribution in [0.3, 0.4) is 0 Å². The highest BCUT2D eigenvalue weighted by Crippen LogP contribution is 2.17. The Morgan fingerprint density at radius 3 is 2.79 bits per heavy atom. The molecular weight excluding hydrogens is 244 g/mol. The number of rotatable bonds is 7. The Hall–Kier alpha value is -1.59. The molecule has 0 heterocycles. The van der Waals surface area contributed by atoms with Crippen LogP contribution in [0.15, 0.2) is 18.2 Å². The Balaban J connectivity index is 2.45. The van der Waals surface area contributed by atoms with E-state index in [0.29, 0.717) is 18.9 Å². The summed E-state index contributed by atoms with van der Waals surface area (Å²) in [6, 6.07) is 5.37. The highest BCUT2D eigenvalue weighted by molar-refractivity contribution is 5.94. The Morgan fingerprint density at radius 2 is 2.16 bits per heavy atom. The molecule has 0 saturated carbocycles. The third kappa shape index (κ3) is 5.28. The topological polar surface area (TPSA) is 73.6 Å². The van der Waals surface area contributed by atoms with Gasteiger partial charge in [0.05, 0.1) is 0 Å². The van der Waals surface area contributed by atoms with Crippen molar-refractivity contribution in [2.75, 3.05) is 31.4 Å². The molecule has 0 saturated heterocycles. The SMILES string of the molecule is COCCCOC(C)C(=O)Nc1ccc(N)cc1C. The summed E-state index contributed by atoms with van der Waals surface area (Å²) in [5, 5.41) is 2.83. The van der Waals surface area contributed by atoms with Gasteiger partial charge in [-0.1, -0.05) is 0 Å². The molecule has 0 aliphatic carbocycles. The fraction of sp³-hybridized carbons (Fsp3) is 0.500. The van der Waals surface area contributed by atoms with E-state index in [0.717, 1.165) is 17.7 Å². The third-order valence-electron chi connectivity index (χ3n) is 2.74. The number of nitrogens with one attached hydrogen (secondary N) is 1. The molecule has 0 aliphatic rings.